The Hall–Kier alpha value is -1.36. The number of nitrogens with two attached hydrogens (primary N) is 1. The van der Waals surface area contributed by atoms with Gasteiger partial charge in [-0.25, -0.2) is 4.99 Å². The molecule has 1 heterocycles. The van der Waals surface area contributed by atoms with Gasteiger partial charge in [0.05, 0.1) is 5.69 Å². The molecule has 3 N–H and O–H groups in total. The molecule has 0 aliphatic heterocycles. The summed E-state index contributed by atoms with van der Waals surface area (Å²) in [7, 11) is 0. The van der Waals surface area contributed by atoms with E-state index in [-0.39, 0.29) is 5.96 Å². The Morgan fingerprint density at radius 1 is 1.67 bits per heavy atom. The molecule has 0 unspecified atom stereocenters. The van der Waals surface area contributed by atoms with Gasteiger partial charge in [0, 0.05) is 4.88 Å². The number of carbonyl (C=O) groups excluding carboxylic acids is 1. The van der Waals surface area contributed by atoms with Crippen molar-refractivity contribution < 1.29 is 4.79 Å². The summed E-state index contributed by atoms with van der Waals surface area (Å²) in [6.45, 7) is 6.19. The number of hydrogen-bond donors (Lipinski definition) is 2. The number of nitrogens with zero attached hydrogens (tertiary/aromatic N) is 1. The Morgan fingerprint density at radius 2 is 2.33 bits per heavy atom. The number of aryl methyl sites for hydroxylation is 1. The maximum absolute atomic E-state index is 10.2. The van der Waals surface area contributed by atoms with Crippen LogP contribution in [0, 0.1) is 6.92 Å². The van der Waals surface area contributed by atoms with E-state index in [4.69, 9.17) is 5.73 Å². The van der Waals surface area contributed by atoms with Gasteiger partial charge in [-0.15, -0.1) is 11.3 Å². The molecule has 0 spiro atoms. The van der Waals surface area contributed by atoms with Crippen molar-refractivity contribution in [3.8, 4) is 0 Å². The van der Waals surface area contributed by atoms with Crippen molar-refractivity contribution >= 4 is 29.4 Å². The van der Waals surface area contributed by atoms with Crippen LogP contribution in [-0.2, 0) is 4.79 Å². The first-order valence-corrected chi connectivity index (χ1v) is 5.56. The third-order valence-electron chi connectivity index (χ3n) is 1.93. The van der Waals surface area contributed by atoms with Gasteiger partial charge in [0.2, 0.25) is 6.41 Å². The minimum absolute atomic E-state index is 0.133. The van der Waals surface area contributed by atoms with Crippen molar-refractivity contribution in [2.24, 2.45) is 10.7 Å². The summed E-state index contributed by atoms with van der Waals surface area (Å²) in [5.41, 5.74) is 7.49. The van der Waals surface area contributed by atoms with Crippen molar-refractivity contribution in [2.45, 2.75) is 26.7 Å². The number of nitrogens with one attached hydrogen (secondary N) is 1. The molecule has 1 aromatic rings. The summed E-state index contributed by atoms with van der Waals surface area (Å²) in [6, 6.07) is 0. The smallest absolute Gasteiger partial charge is 0.213 e. The monoisotopic (exact) mass is 225 g/mol. The highest BCUT2D eigenvalue weighted by Crippen LogP contribution is 2.35. The van der Waals surface area contributed by atoms with Gasteiger partial charge in [-0.05, 0) is 23.8 Å². The summed E-state index contributed by atoms with van der Waals surface area (Å²) in [4.78, 5) is 15.6. The van der Waals surface area contributed by atoms with E-state index >= 15 is 0 Å². The van der Waals surface area contributed by atoms with Crippen LogP contribution in [-0.4, -0.2) is 12.4 Å². The van der Waals surface area contributed by atoms with Crippen LogP contribution in [0.2, 0.25) is 0 Å². The van der Waals surface area contributed by atoms with E-state index in [1.165, 1.54) is 4.88 Å². The number of amides is 1. The Morgan fingerprint density at radius 3 is 2.87 bits per heavy atom. The number of guanidine groups is 1. The molecular formula is C10H15N3OS. The number of rotatable bonds is 3. The van der Waals surface area contributed by atoms with Gasteiger partial charge in [0.1, 0.15) is 0 Å². The van der Waals surface area contributed by atoms with Crippen molar-refractivity contribution in [1.29, 1.82) is 0 Å². The molecule has 0 fully saturated rings. The van der Waals surface area contributed by atoms with Crippen LogP contribution in [0.15, 0.2) is 10.4 Å². The van der Waals surface area contributed by atoms with E-state index in [1.54, 1.807) is 11.3 Å². The quantitative estimate of drug-likeness (QED) is 0.468. The molecule has 1 amide bonds. The summed E-state index contributed by atoms with van der Waals surface area (Å²) >= 11 is 1.67. The number of carbonyl (C=O) groups is 1. The Balaban J connectivity index is 3.07. The molecule has 0 aliphatic carbocycles. The van der Waals surface area contributed by atoms with Crippen LogP contribution >= 0.6 is 11.3 Å². The van der Waals surface area contributed by atoms with Gasteiger partial charge in [-0.3, -0.25) is 10.1 Å². The van der Waals surface area contributed by atoms with Crippen LogP contribution in [0.4, 0.5) is 5.69 Å². The van der Waals surface area contributed by atoms with E-state index in [0.717, 1.165) is 11.3 Å². The minimum Gasteiger partial charge on any atom is -0.369 e. The SMILES string of the molecule is Cc1csc(C(C)C)c1/N=C(/N)NC=O. The second-order valence-corrected chi connectivity index (χ2v) is 4.46. The van der Waals surface area contributed by atoms with Crippen molar-refractivity contribution in [2.75, 3.05) is 0 Å². The number of aliphatic imine (C=N–C) groups is 1. The van der Waals surface area contributed by atoms with Crippen molar-refractivity contribution in [1.82, 2.24) is 5.32 Å². The second kappa shape index (κ2) is 4.93. The van der Waals surface area contributed by atoms with E-state index in [2.05, 4.69) is 24.2 Å². The average Bonchev–Trinajstić information content (AvgIpc) is 2.48. The predicted octanol–water partition coefficient (Wildman–Crippen LogP) is 1.87. The maximum Gasteiger partial charge on any atom is 0.213 e. The Bertz CT molecular complexity index is 382. The van der Waals surface area contributed by atoms with Gasteiger partial charge in [0.15, 0.2) is 5.96 Å². The van der Waals surface area contributed by atoms with E-state index in [9.17, 15) is 4.79 Å². The zero-order valence-electron chi connectivity index (χ0n) is 9.07. The molecule has 1 rings (SSSR count). The molecule has 0 radical (unpaired) electrons. The highest BCUT2D eigenvalue weighted by atomic mass is 32.1. The molecule has 0 aliphatic rings. The van der Waals surface area contributed by atoms with Gasteiger partial charge in [0.25, 0.3) is 0 Å². The van der Waals surface area contributed by atoms with Gasteiger partial charge in [-0.2, -0.15) is 0 Å². The molecular weight excluding hydrogens is 210 g/mol. The maximum atomic E-state index is 10.2. The number of thiophene rings is 1. The third kappa shape index (κ3) is 2.79. The highest BCUT2D eigenvalue weighted by Gasteiger charge is 2.11. The summed E-state index contributed by atoms with van der Waals surface area (Å²) < 4.78 is 0. The predicted molar refractivity (Wildman–Crippen MR) is 63.6 cm³/mol. The molecule has 0 atom stereocenters. The zero-order chi connectivity index (χ0) is 11.4. The molecule has 5 heteroatoms. The molecule has 1 aromatic heterocycles. The topological polar surface area (TPSA) is 67.5 Å². The fourth-order valence-electron chi connectivity index (χ4n) is 1.22. The van der Waals surface area contributed by atoms with Crippen molar-refractivity contribution in [3.05, 3.63) is 15.8 Å². The summed E-state index contributed by atoms with van der Waals surface area (Å²) in [5.74, 6) is 0.542. The summed E-state index contributed by atoms with van der Waals surface area (Å²) in [5, 5.41) is 4.37. The first-order chi connectivity index (χ1) is 7.06. The lowest BCUT2D eigenvalue weighted by Crippen LogP contribution is -2.29. The van der Waals surface area contributed by atoms with Crippen LogP contribution in [0.3, 0.4) is 0 Å². The fraction of sp³-hybridized carbons (Fsp3) is 0.400. The first kappa shape index (κ1) is 11.7. The van der Waals surface area contributed by atoms with Crippen LogP contribution in [0.25, 0.3) is 0 Å². The van der Waals surface area contributed by atoms with Crippen LogP contribution in [0.5, 0.6) is 0 Å². The molecule has 0 saturated heterocycles. The van der Waals surface area contributed by atoms with Crippen LogP contribution in [0.1, 0.15) is 30.2 Å². The lowest BCUT2D eigenvalue weighted by atomic mass is 10.1. The molecule has 82 valence electrons. The van der Waals surface area contributed by atoms with Crippen LogP contribution < -0.4 is 11.1 Å². The second-order valence-electron chi connectivity index (χ2n) is 3.55. The standard InChI is InChI=1S/C10H15N3OS/c1-6(2)9-8(7(3)4-15-9)13-10(11)12-5-14/h4-6H,1-3H3,(H3,11,12,13,14). The zero-order valence-corrected chi connectivity index (χ0v) is 9.89. The first-order valence-electron chi connectivity index (χ1n) is 4.68. The van der Waals surface area contributed by atoms with E-state index in [0.29, 0.717) is 12.3 Å². The third-order valence-corrected chi connectivity index (χ3v) is 3.32. The minimum atomic E-state index is 0.133. The number of hydrogen-bond acceptors (Lipinski definition) is 3. The Labute approximate surface area is 93.2 Å². The molecule has 15 heavy (non-hydrogen) atoms. The molecule has 0 aromatic carbocycles. The van der Waals surface area contributed by atoms with E-state index in [1.807, 2.05) is 12.3 Å². The lowest BCUT2D eigenvalue weighted by Gasteiger charge is -2.04. The summed E-state index contributed by atoms with van der Waals surface area (Å²) in [6.07, 6.45) is 0.523. The highest BCUT2D eigenvalue weighted by molar-refractivity contribution is 7.10. The molecule has 4 nitrogen and oxygen atoms in total. The Kier molecular flexibility index (Phi) is 3.85. The lowest BCUT2D eigenvalue weighted by molar-refractivity contribution is -0.108. The van der Waals surface area contributed by atoms with Gasteiger partial charge >= 0.3 is 0 Å². The van der Waals surface area contributed by atoms with Gasteiger partial charge in [-0.1, -0.05) is 13.8 Å². The largest absolute Gasteiger partial charge is 0.369 e. The fourth-order valence-corrected chi connectivity index (χ4v) is 2.23. The normalized spacial score (nSPS) is 11.9. The molecule has 0 bridgehead atoms. The average molecular weight is 225 g/mol. The van der Waals surface area contributed by atoms with Crippen molar-refractivity contribution in [3.63, 3.8) is 0 Å². The van der Waals surface area contributed by atoms with Gasteiger partial charge < -0.3 is 5.73 Å². The molecule has 0 saturated carbocycles. The van der Waals surface area contributed by atoms with E-state index < -0.39 is 0 Å².